The molecule has 0 aliphatic heterocycles. The van der Waals surface area contributed by atoms with Crippen molar-refractivity contribution in [1.29, 1.82) is 0 Å². The first-order valence-corrected chi connectivity index (χ1v) is 6.22. The van der Waals surface area contributed by atoms with E-state index in [0.29, 0.717) is 0 Å². The summed E-state index contributed by atoms with van der Waals surface area (Å²) in [5.41, 5.74) is 4.11. The van der Waals surface area contributed by atoms with Crippen LogP contribution in [0.2, 0.25) is 0 Å². The Morgan fingerprint density at radius 1 is 1.44 bits per heavy atom. The molecule has 0 aromatic rings. The maximum Gasteiger partial charge on any atom is 0.0639 e. The number of allylic oxidation sites excluding steroid dienone is 5. The lowest BCUT2D eigenvalue weighted by molar-refractivity contribution is 0.331. The van der Waals surface area contributed by atoms with Gasteiger partial charge in [0.25, 0.3) is 0 Å². The first kappa shape index (κ1) is 13.2. The van der Waals surface area contributed by atoms with E-state index in [0.717, 1.165) is 17.9 Å². The van der Waals surface area contributed by atoms with Crippen LogP contribution in [0.4, 0.5) is 0 Å². The van der Waals surface area contributed by atoms with Crippen LogP contribution in [-0.2, 0) is 0 Å². The van der Waals surface area contributed by atoms with E-state index >= 15 is 0 Å². The molecule has 0 amide bonds. The van der Waals surface area contributed by atoms with Crippen LogP contribution >= 0.6 is 0 Å². The van der Waals surface area contributed by atoms with Crippen molar-refractivity contribution in [3.8, 4) is 0 Å². The molecule has 1 heteroatoms. The van der Waals surface area contributed by atoms with Gasteiger partial charge in [0.15, 0.2) is 0 Å². The Bertz CT molecular complexity index is 307. The second-order valence-electron chi connectivity index (χ2n) is 4.91. The minimum atomic E-state index is 0.179. The van der Waals surface area contributed by atoms with E-state index in [4.69, 9.17) is 5.11 Å². The molecule has 1 aliphatic rings. The molecule has 90 valence electrons. The van der Waals surface area contributed by atoms with Crippen molar-refractivity contribution < 1.29 is 5.11 Å². The first-order chi connectivity index (χ1) is 7.63. The molecule has 16 heavy (non-hydrogen) atoms. The SMILES string of the molecule is CC1=CCC(/C(C)=C\C/C=C(/C)CO)CC1. The molecule has 0 spiro atoms. The van der Waals surface area contributed by atoms with Gasteiger partial charge in [-0.05, 0) is 52.4 Å². The Morgan fingerprint density at radius 3 is 2.75 bits per heavy atom. The van der Waals surface area contributed by atoms with E-state index < -0.39 is 0 Å². The molecule has 0 fully saturated rings. The lowest BCUT2D eigenvalue weighted by atomic mass is 9.85. The first-order valence-electron chi connectivity index (χ1n) is 6.22. The molecule has 1 aliphatic carbocycles. The molecule has 0 heterocycles. The molecule has 0 saturated carbocycles. The van der Waals surface area contributed by atoms with Gasteiger partial charge in [0.05, 0.1) is 6.61 Å². The van der Waals surface area contributed by atoms with Gasteiger partial charge in [0, 0.05) is 0 Å². The van der Waals surface area contributed by atoms with Crippen molar-refractivity contribution in [3.05, 3.63) is 34.9 Å². The fourth-order valence-electron chi connectivity index (χ4n) is 2.06. The summed E-state index contributed by atoms with van der Waals surface area (Å²) in [6.45, 7) is 6.61. The van der Waals surface area contributed by atoms with Gasteiger partial charge >= 0.3 is 0 Å². The van der Waals surface area contributed by atoms with Gasteiger partial charge in [-0.15, -0.1) is 0 Å². The Labute approximate surface area is 99.6 Å². The molecule has 1 atom stereocenters. The van der Waals surface area contributed by atoms with Crippen LogP contribution in [0.15, 0.2) is 34.9 Å². The van der Waals surface area contributed by atoms with Gasteiger partial charge in [-0.3, -0.25) is 0 Å². The van der Waals surface area contributed by atoms with Crippen molar-refractivity contribution in [2.45, 2.75) is 46.5 Å². The monoisotopic (exact) mass is 220 g/mol. The fourth-order valence-corrected chi connectivity index (χ4v) is 2.06. The summed E-state index contributed by atoms with van der Waals surface area (Å²) in [5.74, 6) is 0.742. The van der Waals surface area contributed by atoms with Crippen LogP contribution in [0.3, 0.4) is 0 Å². The zero-order valence-electron chi connectivity index (χ0n) is 10.8. The van der Waals surface area contributed by atoms with Gasteiger partial charge in [-0.25, -0.2) is 0 Å². The highest BCUT2D eigenvalue weighted by molar-refractivity contribution is 5.14. The van der Waals surface area contributed by atoms with Gasteiger partial charge in [0.1, 0.15) is 0 Å². The summed E-state index contributed by atoms with van der Waals surface area (Å²) < 4.78 is 0. The molecule has 1 unspecified atom stereocenters. The number of hydrogen-bond donors (Lipinski definition) is 1. The largest absolute Gasteiger partial charge is 0.392 e. The highest BCUT2D eigenvalue weighted by atomic mass is 16.3. The average Bonchev–Trinajstić information content (AvgIpc) is 2.29. The third-order valence-electron chi connectivity index (χ3n) is 3.44. The quantitative estimate of drug-likeness (QED) is 0.710. The average molecular weight is 220 g/mol. The predicted molar refractivity (Wildman–Crippen MR) is 70.3 cm³/mol. The van der Waals surface area contributed by atoms with Crippen molar-refractivity contribution in [2.24, 2.45) is 5.92 Å². The molecule has 0 radical (unpaired) electrons. The smallest absolute Gasteiger partial charge is 0.0639 e. The second kappa shape index (κ2) is 6.70. The Hall–Kier alpha value is -0.820. The van der Waals surface area contributed by atoms with E-state index in [-0.39, 0.29) is 6.61 Å². The van der Waals surface area contributed by atoms with E-state index in [2.05, 4.69) is 32.1 Å². The molecule has 0 aromatic heterocycles. The maximum absolute atomic E-state index is 8.88. The number of aliphatic hydroxyl groups excluding tert-OH is 1. The van der Waals surface area contributed by atoms with Crippen LogP contribution in [0.25, 0.3) is 0 Å². The van der Waals surface area contributed by atoms with Crippen LogP contribution in [-0.4, -0.2) is 11.7 Å². The predicted octanol–water partition coefficient (Wildman–Crippen LogP) is 4.01. The van der Waals surface area contributed by atoms with Gasteiger partial charge in [-0.2, -0.15) is 0 Å². The van der Waals surface area contributed by atoms with Crippen molar-refractivity contribution >= 4 is 0 Å². The Balaban J connectivity index is 2.45. The van der Waals surface area contributed by atoms with Gasteiger partial charge < -0.3 is 5.11 Å². The van der Waals surface area contributed by atoms with Crippen LogP contribution in [0, 0.1) is 5.92 Å². The van der Waals surface area contributed by atoms with E-state index in [9.17, 15) is 0 Å². The van der Waals surface area contributed by atoms with Crippen molar-refractivity contribution in [2.75, 3.05) is 6.61 Å². The normalized spacial score (nSPS) is 23.2. The second-order valence-corrected chi connectivity index (χ2v) is 4.91. The summed E-state index contributed by atoms with van der Waals surface area (Å²) in [5, 5.41) is 8.88. The molecular formula is C15H24O. The number of hydrogen-bond acceptors (Lipinski definition) is 1. The van der Waals surface area contributed by atoms with Crippen LogP contribution in [0.1, 0.15) is 46.5 Å². The third kappa shape index (κ3) is 4.36. The molecule has 1 N–H and O–H groups in total. The minimum absolute atomic E-state index is 0.179. The summed E-state index contributed by atoms with van der Waals surface area (Å²) in [6.07, 6.45) is 11.5. The lowest BCUT2D eigenvalue weighted by Crippen LogP contribution is -2.06. The number of aliphatic hydroxyl groups is 1. The molecular weight excluding hydrogens is 196 g/mol. The molecule has 0 saturated heterocycles. The zero-order chi connectivity index (χ0) is 12.0. The van der Waals surface area contributed by atoms with Crippen LogP contribution in [0.5, 0.6) is 0 Å². The maximum atomic E-state index is 8.88. The summed E-state index contributed by atoms with van der Waals surface area (Å²) in [7, 11) is 0. The molecule has 0 aromatic carbocycles. The van der Waals surface area contributed by atoms with Gasteiger partial charge in [0.2, 0.25) is 0 Å². The summed E-state index contributed by atoms with van der Waals surface area (Å²) in [4.78, 5) is 0. The third-order valence-corrected chi connectivity index (χ3v) is 3.44. The highest BCUT2D eigenvalue weighted by Crippen LogP contribution is 2.28. The topological polar surface area (TPSA) is 20.2 Å². The van der Waals surface area contributed by atoms with Gasteiger partial charge in [-0.1, -0.05) is 34.9 Å². The summed E-state index contributed by atoms with van der Waals surface area (Å²) >= 11 is 0. The number of rotatable bonds is 4. The minimum Gasteiger partial charge on any atom is -0.392 e. The van der Waals surface area contributed by atoms with E-state index in [1.807, 2.05) is 6.92 Å². The standard InChI is InChI=1S/C15H24O/c1-12-7-9-15(10-8-12)14(3)6-4-5-13(2)11-16/h5-7,15-16H,4,8-11H2,1-3H3/b13-5-,14-6-. The molecule has 1 nitrogen and oxygen atoms in total. The molecule has 1 rings (SSSR count). The van der Waals surface area contributed by atoms with E-state index in [1.54, 1.807) is 5.57 Å². The Kier molecular flexibility index (Phi) is 5.54. The lowest BCUT2D eigenvalue weighted by Gasteiger charge is -2.21. The van der Waals surface area contributed by atoms with Crippen LogP contribution < -0.4 is 0 Å². The van der Waals surface area contributed by atoms with Crippen molar-refractivity contribution in [3.63, 3.8) is 0 Å². The van der Waals surface area contributed by atoms with E-state index in [1.165, 1.54) is 24.8 Å². The highest BCUT2D eigenvalue weighted by Gasteiger charge is 2.13. The Morgan fingerprint density at radius 2 is 2.19 bits per heavy atom. The fraction of sp³-hybridized carbons (Fsp3) is 0.600. The summed E-state index contributed by atoms with van der Waals surface area (Å²) in [6, 6.07) is 0. The van der Waals surface area contributed by atoms with Crippen molar-refractivity contribution in [1.82, 2.24) is 0 Å². The molecule has 0 bridgehead atoms. The zero-order valence-corrected chi connectivity index (χ0v) is 10.8.